The third kappa shape index (κ3) is 3.36. The molecule has 0 fully saturated rings. The number of fused-ring (bicyclic) bond motifs is 2. The molecule has 1 amide bonds. The lowest BCUT2D eigenvalue weighted by molar-refractivity contribution is 0.0732. The number of amides is 1. The van der Waals surface area contributed by atoms with Crippen LogP contribution < -0.4 is 4.74 Å². The molecule has 0 saturated heterocycles. The molecule has 0 radical (unpaired) electrons. The Labute approximate surface area is 177 Å². The van der Waals surface area contributed by atoms with E-state index >= 15 is 0 Å². The van der Waals surface area contributed by atoms with Crippen molar-refractivity contribution >= 4 is 5.91 Å². The van der Waals surface area contributed by atoms with Gasteiger partial charge in [0, 0.05) is 30.3 Å². The van der Waals surface area contributed by atoms with Gasteiger partial charge in [-0.3, -0.25) is 9.48 Å². The lowest BCUT2D eigenvalue weighted by atomic mass is 9.98. The van der Waals surface area contributed by atoms with Crippen LogP contribution in [0.1, 0.15) is 33.6 Å². The molecule has 2 aliphatic heterocycles. The van der Waals surface area contributed by atoms with Crippen molar-refractivity contribution in [2.24, 2.45) is 7.05 Å². The average Bonchev–Trinajstić information content (AvgIpc) is 3.11. The molecule has 8 heteroatoms. The second-order valence-electron chi connectivity index (χ2n) is 7.90. The fourth-order valence-electron chi connectivity index (χ4n) is 4.42. The highest BCUT2D eigenvalue weighted by atomic mass is 19.2. The van der Waals surface area contributed by atoms with Gasteiger partial charge in [-0.1, -0.05) is 0 Å². The summed E-state index contributed by atoms with van der Waals surface area (Å²) in [4.78, 5) is 14.8. The molecule has 5 nitrogen and oxygen atoms in total. The van der Waals surface area contributed by atoms with Crippen molar-refractivity contribution in [3.05, 3.63) is 70.2 Å². The number of carbonyl (C=O) groups is 1. The van der Waals surface area contributed by atoms with E-state index in [1.807, 2.05) is 12.1 Å². The largest absolute Gasteiger partial charge is 0.493 e. The first kappa shape index (κ1) is 19.7. The standard InChI is InChI=1S/C23H20F3N3O2/c1-28-22(15-10-17(24)21(26)18(25)11-15)16-6-7-29(12-19(16)27-28)23(30)14-4-5-20-13(9-14)3-2-8-31-20/h4-5,9-11H,2-3,6-8,12H2,1H3. The normalized spacial score (nSPS) is 15.3. The number of hydrogen-bond donors (Lipinski definition) is 0. The molecule has 31 heavy (non-hydrogen) atoms. The van der Waals surface area contributed by atoms with Gasteiger partial charge in [-0.2, -0.15) is 5.10 Å². The second-order valence-corrected chi connectivity index (χ2v) is 7.90. The maximum Gasteiger partial charge on any atom is 0.254 e. The molecular weight excluding hydrogens is 407 g/mol. The number of rotatable bonds is 2. The zero-order valence-electron chi connectivity index (χ0n) is 16.9. The summed E-state index contributed by atoms with van der Waals surface area (Å²) in [6.07, 6.45) is 2.30. The lowest BCUT2D eigenvalue weighted by Gasteiger charge is -2.27. The molecule has 0 bridgehead atoms. The van der Waals surface area contributed by atoms with Gasteiger partial charge in [-0.25, -0.2) is 13.2 Å². The predicted octanol–water partition coefficient (Wildman–Crippen LogP) is 4.03. The summed E-state index contributed by atoms with van der Waals surface area (Å²) in [6, 6.07) is 7.45. The highest BCUT2D eigenvalue weighted by Gasteiger charge is 2.29. The van der Waals surface area contributed by atoms with Crippen LogP contribution in [0.4, 0.5) is 13.2 Å². The van der Waals surface area contributed by atoms with E-state index in [9.17, 15) is 18.0 Å². The van der Waals surface area contributed by atoms with E-state index in [4.69, 9.17) is 4.74 Å². The molecule has 0 N–H and O–H groups in total. The fraction of sp³-hybridized carbons (Fsp3) is 0.304. The van der Waals surface area contributed by atoms with Gasteiger partial charge < -0.3 is 9.64 Å². The molecule has 0 spiro atoms. The monoisotopic (exact) mass is 427 g/mol. The van der Waals surface area contributed by atoms with Crippen LogP contribution in [0.3, 0.4) is 0 Å². The zero-order valence-corrected chi connectivity index (χ0v) is 16.9. The Balaban J connectivity index is 1.43. The fourth-order valence-corrected chi connectivity index (χ4v) is 4.42. The van der Waals surface area contributed by atoms with Crippen LogP contribution in [0.25, 0.3) is 11.3 Å². The Hall–Kier alpha value is -3.29. The number of carbonyl (C=O) groups excluding carboxylic acids is 1. The van der Waals surface area contributed by atoms with Gasteiger partial charge in [0.05, 0.1) is 24.5 Å². The van der Waals surface area contributed by atoms with E-state index in [0.29, 0.717) is 43.1 Å². The topological polar surface area (TPSA) is 47.4 Å². The number of aryl methyl sites for hydroxylation is 2. The summed E-state index contributed by atoms with van der Waals surface area (Å²) in [5.41, 5.74) is 3.88. The van der Waals surface area contributed by atoms with Gasteiger partial charge in [-0.15, -0.1) is 0 Å². The van der Waals surface area contributed by atoms with Crippen molar-refractivity contribution in [2.45, 2.75) is 25.8 Å². The second kappa shape index (κ2) is 7.44. The van der Waals surface area contributed by atoms with Gasteiger partial charge in [0.2, 0.25) is 0 Å². The van der Waals surface area contributed by atoms with Crippen LogP contribution in [-0.2, 0) is 26.4 Å². The van der Waals surface area contributed by atoms with Crippen LogP contribution in [0.5, 0.6) is 5.75 Å². The summed E-state index contributed by atoms with van der Waals surface area (Å²) in [7, 11) is 1.67. The van der Waals surface area contributed by atoms with Gasteiger partial charge in [0.15, 0.2) is 17.5 Å². The molecule has 3 heterocycles. The summed E-state index contributed by atoms with van der Waals surface area (Å²) < 4.78 is 48.1. The molecule has 0 unspecified atom stereocenters. The number of aromatic nitrogens is 2. The molecule has 2 aromatic carbocycles. The number of ether oxygens (including phenoxy) is 1. The predicted molar refractivity (Wildman–Crippen MR) is 107 cm³/mol. The molecule has 0 aliphatic carbocycles. The molecule has 0 atom stereocenters. The first-order valence-corrected chi connectivity index (χ1v) is 10.2. The van der Waals surface area contributed by atoms with E-state index in [1.165, 1.54) is 4.68 Å². The van der Waals surface area contributed by atoms with E-state index in [0.717, 1.165) is 41.9 Å². The Kier molecular flexibility index (Phi) is 4.72. The van der Waals surface area contributed by atoms with Crippen LogP contribution in [-0.4, -0.2) is 33.7 Å². The number of halogens is 3. The highest BCUT2D eigenvalue weighted by molar-refractivity contribution is 5.94. The minimum Gasteiger partial charge on any atom is -0.493 e. The van der Waals surface area contributed by atoms with Gasteiger partial charge >= 0.3 is 0 Å². The van der Waals surface area contributed by atoms with Gasteiger partial charge in [0.1, 0.15) is 5.75 Å². The van der Waals surface area contributed by atoms with Crippen LogP contribution in [0.15, 0.2) is 30.3 Å². The summed E-state index contributed by atoms with van der Waals surface area (Å²) >= 11 is 0. The number of hydrogen-bond acceptors (Lipinski definition) is 3. The molecule has 2 aliphatic rings. The quantitative estimate of drug-likeness (QED) is 0.581. The van der Waals surface area contributed by atoms with E-state index < -0.39 is 17.5 Å². The maximum atomic E-state index is 13.8. The Bertz CT molecular complexity index is 1180. The number of benzene rings is 2. The first-order chi connectivity index (χ1) is 14.9. The van der Waals surface area contributed by atoms with Crippen LogP contribution in [0.2, 0.25) is 0 Å². The van der Waals surface area contributed by atoms with Gasteiger partial charge in [0.25, 0.3) is 5.91 Å². The Morgan fingerprint density at radius 2 is 1.87 bits per heavy atom. The molecule has 3 aromatic rings. The van der Waals surface area contributed by atoms with E-state index in [1.54, 1.807) is 18.0 Å². The molecule has 160 valence electrons. The van der Waals surface area contributed by atoms with Crippen molar-refractivity contribution in [3.63, 3.8) is 0 Å². The smallest absolute Gasteiger partial charge is 0.254 e. The highest BCUT2D eigenvalue weighted by Crippen LogP contribution is 2.32. The van der Waals surface area contributed by atoms with Crippen LogP contribution >= 0.6 is 0 Å². The molecule has 1 aromatic heterocycles. The summed E-state index contributed by atoms with van der Waals surface area (Å²) in [6.45, 7) is 1.44. The van der Waals surface area contributed by atoms with Gasteiger partial charge in [-0.05, 0) is 55.2 Å². The average molecular weight is 427 g/mol. The Morgan fingerprint density at radius 3 is 2.65 bits per heavy atom. The third-order valence-corrected chi connectivity index (χ3v) is 5.90. The number of nitrogens with zero attached hydrogens (tertiary/aromatic N) is 3. The SMILES string of the molecule is Cn1nc2c(c1-c1cc(F)c(F)c(F)c1)CCN(C(=O)c1ccc3c(c1)CCCO3)C2. The van der Waals surface area contributed by atoms with Crippen molar-refractivity contribution in [3.8, 4) is 17.0 Å². The Morgan fingerprint density at radius 1 is 1.10 bits per heavy atom. The summed E-state index contributed by atoms with van der Waals surface area (Å²) in [5.74, 6) is -3.24. The van der Waals surface area contributed by atoms with Crippen molar-refractivity contribution in [1.82, 2.24) is 14.7 Å². The van der Waals surface area contributed by atoms with Crippen molar-refractivity contribution in [2.75, 3.05) is 13.2 Å². The zero-order chi connectivity index (χ0) is 21.7. The lowest BCUT2D eigenvalue weighted by Crippen LogP contribution is -2.36. The molecule has 5 rings (SSSR count). The molecular formula is C23H20F3N3O2. The third-order valence-electron chi connectivity index (χ3n) is 5.90. The summed E-state index contributed by atoms with van der Waals surface area (Å²) in [5, 5.41) is 4.47. The minimum absolute atomic E-state index is 0.0925. The van der Waals surface area contributed by atoms with E-state index in [-0.39, 0.29) is 11.5 Å². The minimum atomic E-state index is -1.49. The van der Waals surface area contributed by atoms with Crippen LogP contribution in [0, 0.1) is 17.5 Å². The van der Waals surface area contributed by atoms with Crippen molar-refractivity contribution in [1.29, 1.82) is 0 Å². The molecule has 0 saturated carbocycles. The first-order valence-electron chi connectivity index (χ1n) is 10.2. The maximum absolute atomic E-state index is 13.8. The van der Waals surface area contributed by atoms with E-state index in [2.05, 4.69) is 5.10 Å². The van der Waals surface area contributed by atoms with Crippen molar-refractivity contribution < 1.29 is 22.7 Å².